The van der Waals surface area contributed by atoms with Crippen LogP contribution in [0.15, 0.2) is 24.3 Å². The second-order valence-electron chi connectivity index (χ2n) is 2.36. The van der Waals surface area contributed by atoms with Crippen LogP contribution in [0.3, 0.4) is 0 Å². The molecule has 0 aliphatic rings. The van der Waals surface area contributed by atoms with Crippen molar-refractivity contribution in [1.29, 1.82) is 0 Å². The van der Waals surface area contributed by atoms with Crippen molar-refractivity contribution in [2.45, 2.75) is 13.0 Å². The van der Waals surface area contributed by atoms with Crippen LogP contribution in [0.25, 0.3) is 4.85 Å². The number of nitrogens with zero attached hydrogens (tertiary/aromatic N) is 1. The van der Waals surface area contributed by atoms with Crippen LogP contribution in [0.5, 0.6) is 0 Å². The highest BCUT2D eigenvalue weighted by Gasteiger charge is 2.05. The topological polar surface area (TPSA) is 4.36 Å². The largest absolute Gasteiger partial charge is 0.309 e. The summed E-state index contributed by atoms with van der Waals surface area (Å²) >= 11 is 2.25. The maximum absolute atomic E-state index is 6.82. The van der Waals surface area contributed by atoms with Gasteiger partial charge >= 0.3 is 0 Å². The van der Waals surface area contributed by atoms with E-state index in [1.165, 1.54) is 3.57 Å². The molecule has 1 atom stereocenters. The van der Waals surface area contributed by atoms with E-state index >= 15 is 0 Å². The average Bonchev–Trinajstić information content (AvgIpc) is 2.05. The van der Waals surface area contributed by atoms with E-state index in [1.807, 2.05) is 31.2 Å². The Balaban J connectivity index is 2.92. The molecule has 1 unspecified atom stereocenters. The minimum Gasteiger partial charge on any atom is -0.309 e. The van der Waals surface area contributed by atoms with E-state index in [0.717, 1.165) is 5.56 Å². The van der Waals surface area contributed by atoms with Gasteiger partial charge in [0.2, 0.25) is 6.04 Å². The van der Waals surface area contributed by atoms with Crippen LogP contribution in [-0.4, -0.2) is 0 Å². The van der Waals surface area contributed by atoms with Crippen molar-refractivity contribution >= 4 is 22.6 Å². The molecule has 0 bridgehead atoms. The number of rotatable bonds is 1. The Hall–Kier alpha value is -0.560. The number of halogens is 1. The lowest BCUT2D eigenvalue weighted by molar-refractivity contribution is 0.961. The SMILES string of the molecule is [C-]#[N+]C(C)c1ccc(I)cc1. The molecule has 0 amide bonds. The van der Waals surface area contributed by atoms with Gasteiger partial charge in [-0.2, -0.15) is 0 Å². The molecule has 11 heavy (non-hydrogen) atoms. The summed E-state index contributed by atoms with van der Waals surface area (Å²) in [4.78, 5) is 3.44. The minimum absolute atomic E-state index is 0.00741. The van der Waals surface area contributed by atoms with E-state index in [4.69, 9.17) is 6.57 Å². The highest BCUT2D eigenvalue weighted by Crippen LogP contribution is 2.17. The van der Waals surface area contributed by atoms with Crippen molar-refractivity contribution in [2.24, 2.45) is 0 Å². The molecule has 0 N–H and O–H groups in total. The molecule has 0 radical (unpaired) electrons. The molecule has 0 saturated carbocycles. The molecule has 2 heteroatoms. The predicted octanol–water partition coefficient (Wildman–Crippen LogP) is 3.27. The van der Waals surface area contributed by atoms with Crippen molar-refractivity contribution in [2.75, 3.05) is 0 Å². The first kappa shape index (κ1) is 8.54. The maximum Gasteiger partial charge on any atom is 0.245 e. The normalized spacial score (nSPS) is 12.1. The Kier molecular flexibility index (Phi) is 2.89. The van der Waals surface area contributed by atoms with Crippen molar-refractivity contribution in [3.63, 3.8) is 0 Å². The molecule has 0 spiro atoms. The second-order valence-corrected chi connectivity index (χ2v) is 3.60. The number of hydrogen-bond acceptors (Lipinski definition) is 0. The lowest BCUT2D eigenvalue weighted by Crippen LogP contribution is -1.85. The van der Waals surface area contributed by atoms with Gasteiger partial charge in [0.05, 0.1) is 0 Å². The summed E-state index contributed by atoms with van der Waals surface area (Å²) in [6.07, 6.45) is 0. The highest BCUT2D eigenvalue weighted by atomic mass is 127. The molecule has 56 valence electrons. The third kappa shape index (κ3) is 2.19. The molecule has 0 aliphatic heterocycles. The standard InChI is InChI=1S/C9H8IN/c1-7(11-2)8-3-5-9(10)6-4-8/h3-7H,1H3. The molecular formula is C9H8IN. The summed E-state index contributed by atoms with van der Waals surface area (Å²) in [5.41, 5.74) is 1.10. The Morgan fingerprint density at radius 1 is 1.36 bits per heavy atom. The monoisotopic (exact) mass is 257 g/mol. The van der Waals surface area contributed by atoms with Crippen LogP contribution in [0.4, 0.5) is 0 Å². The van der Waals surface area contributed by atoms with Crippen molar-refractivity contribution in [1.82, 2.24) is 0 Å². The molecule has 1 aromatic rings. The fraction of sp³-hybridized carbons (Fsp3) is 0.222. The van der Waals surface area contributed by atoms with Crippen LogP contribution in [-0.2, 0) is 0 Å². The first-order chi connectivity index (χ1) is 5.24. The van der Waals surface area contributed by atoms with Gasteiger partial charge in [-0.3, -0.25) is 0 Å². The average molecular weight is 257 g/mol. The zero-order valence-corrected chi connectivity index (χ0v) is 8.37. The fourth-order valence-corrected chi connectivity index (χ4v) is 1.18. The first-order valence-electron chi connectivity index (χ1n) is 3.36. The molecule has 0 aromatic heterocycles. The van der Waals surface area contributed by atoms with E-state index in [0.29, 0.717) is 0 Å². The van der Waals surface area contributed by atoms with Gasteiger partial charge in [-0.25, -0.2) is 6.57 Å². The smallest absolute Gasteiger partial charge is 0.245 e. The summed E-state index contributed by atoms with van der Waals surface area (Å²) in [6.45, 7) is 8.73. The quantitative estimate of drug-likeness (QED) is 0.537. The van der Waals surface area contributed by atoms with Crippen LogP contribution < -0.4 is 0 Å². The first-order valence-corrected chi connectivity index (χ1v) is 4.44. The van der Waals surface area contributed by atoms with Crippen LogP contribution in [0.2, 0.25) is 0 Å². The molecule has 0 fully saturated rings. The fourth-order valence-electron chi connectivity index (χ4n) is 0.816. The molecule has 1 aromatic carbocycles. The van der Waals surface area contributed by atoms with Crippen LogP contribution >= 0.6 is 22.6 Å². The molecule has 1 rings (SSSR count). The summed E-state index contributed by atoms with van der Waals surface area (Å²) in [6, 6.07) is 8.05. The lowest BCUT2D eigenvalue weighted by atomic mass is 10.1. The van der Waals surface area contributed by atoms with Crippen molar-refractivity contribution in [3.05, 3.63) is 44.8 Å². The van der Waals surface area contributed by atoms with Gasteiger partial charge in [-0.1, -0.05) is 12.1 Å². The summed E-state index contributed by atoms with van der Waals surface area (Å²) in [7, 11) is 0. The lowest BCUT2D eigenvalue weighted by Gasteiger charge is -1.97. The second kappa shape index (κ2) is 3.72. The molecule has 1 nitrogen and oxygen atoms in total. The van der Waals surface area contributed by atoms with Gasteiger partial charge in [0, 0.05) is 16.1 Å². The van der Waals surface area contributed by atoms with Gasteiger partial charge in [-0.05, 0) is 34.7 Å². The van der Waals surface area contributed by atoms with Crippen molar-refractivity contribution in [3.8, 4) is 0 Å². The van der Waals surface area contributed by atoms with E-state index in [2.05, 4.69) is 27.4 Å². The van der Waals surface area contributed by atoms with Crippen molar-refractivity contribution < 1.29 is 0 Å². The Morgan fingerprint density at radius 3 is 2.36 bits per heavy atom. The van der Waals surface area contributed by atoms with Gasteiger partial charge in [0.25, 0.3) is 0 Å². The number of hydrogen-bond donors (Lipinski definition) is 0. The van der Waals surface area contributed by atoms with E-state index in [9.17, 15) is 0 Å². The van der Waals surface area contributed by atoms with Crippen LogP contribution in [0, 0.1) is 10.1 Å². The van der Waals surface area contributed by atoms with E-state index in [1.54, 1.807) is 0 Å². The molecular weight excluding hydrogens is 249 g/mol. The maximum atomic E-state index is 6.82. The predicted molar refractivity (Wildman–Crippen MR) is 54.2 cm³/mol. The zero-order chi connectivity index (χ0) is 8.27. The Labute approximate surface area is 80.4 Å². The van der Waals surface area contributed by atoms with Gasteiger partial charge in [0.1, 0.15) is 0 Å². The summed E-state index contributed by atoms with van der Waals surface area (Å²) < 4.78 is 1.21. The van der Waals surface area contributed by atoms with E-state index < -0.39 is 0 Å². The number of benzene rings is 1. The molecule has 0 saturated heterocycles. The van der Waals surface area contributed by atoms with Crippen LogP contribution in [0.1, 0.15) is 18.5 Å². The highest BCUT2D eigenvalue weighted by molar-refractivity contribution is 14.1. The summed E-state index contributed by atoms with van der Waals surface area (Å²) in [5.74, 6) is 0. The Bertz CT molecular complexity index is 271. The van der Waals surface area contributed by atoms with Gasteiger partial charge < -0.3 is 4.85 Å². The third-order valence-corrected chi connectivity index (χ3v) is 2.27. The van der Waals surface area contributed by atoms with Gasteiger partial charge in [-0.15, -0.1) is 0 Å². The zero-order valence-electron chi connectivity index (χ0n) is 6.21. The van der Waals surface area contributed by atoms with E-state index in [-0.39, 0.29) is 6.04 Å². The van der Waals surface area contributed by atoms with Gasteiger partial charge in [0.15, 0.2) is 0 Å². The molecule has 0 heterocycles. The molecule has 0 aliphatic carbocycles. The minimum atomic E-state index is -0.00741. The summed E-state index contributed by atoms with van der Waals surface area (Å²) in [5, 5.41) is 0. The third-order valence-electron chi connectivity index (χ3n) is 1.55. The Morgan fingerprint density at radius 2 is 1.91 bits per heavy atom.